The summed E-state index contributed by atoms with van der Waals surface area (Å²) in [5, 5.41) is 0. The van der Waals surface area contributed by atoms with Gasteiger partial charge in [-0.25, -0.2) is 8.78 Å². The second-order valence-corrected chi connectivity index (χ2v) is 5.51. The first kappa shape index (κ1) is 20.4. The number of rotatable bonds is 8. The van der Waals surface area contributed by atoms with Gasteiger partial charge in [-0.15, -0.1) is 0 Å². The molecule has 0 bridgehead atoms. The number of hydrogen-bond donors (Lipinski definition) is 1. The predicted octanol–water partition coefficient (Wildman–Crippen LogP) is 2.65. The number of benzene rings is 2. The van der Waals surface area contributed by atoms with E-state index in [0.29, 0.717) is 0 Å². The van der Waals surface area contributed by atoms with E-state index < -0.39 is 59.8 Å². The molecule has 0 aliphatic rings. The van der Waals surface area contributed by atoms with Crippen molar-refractivity contribution in [2.24, 2.45) is 5.73 Å². The first-order valence-corrected chi connectivity index (χ1v) is 7.73. The van der Waals surface area contributed by atoms with Crippen LogP contribution in [0.1, 0.15) is 12.0 Å². The molecule has 0 heterocycles. The Balaban J connectivity index is 1.86. The van der Waals surface area contributed by atoms with E-state index in [1.165, 1.54) is 0 Å². The molecule has 1 atom stereocenters. The largest absolute Gasteiger partial charge is 0.479 e. The van der Waals surface area contributed by atoms with E-state index in [4.69, 9.17) is 10.5 Å². The first-order chi connectivity index (χ1) is 12.8. The molecular weight excluding hydrogens is 370 g/mol. The molecule has 144 valence electrons. The average Bonchev–Trinajstić information content (AvgIpc) is 2.65. The number of ether oxygens (including phenoxy) is 2. The van der Waals surface area contributed by atoms with Gasteiger partial charge in [0.15, 0.2) is 23.2 Å². The Morgan fingerprint density at radius 2 is 1.59 bits per heavy atom. The maximum atomic E-state index is 13.4. The number of carbonyl (C=O) groups excluding carboxylic acids is 2. The molecule has 5 nitrogen and oxygen atoms in total. The van der Waals surface area contributed by atoms with Crippen molar-refractivity contribution in [1.82, 2.24) is 0 Å². The van der Waals surface area contributed by atoms with Gasteiger partial charge in [-0.3, -0.25) is 9.59 Å². The molecule has 9 heteroatoms. The normalized spacial score (nSPS) is 11.7. The van der Waals surface area contributed by atoms with Gasteiger partial charge >= 0.3 is 5.97 Å². The Kier molecular flexibility index (Phi) is 6.89. The van der Waals surface area contributed by atoms with Crippen LogP contribution in [0.5, 0.6) is 5.75 Å². The van der Waals surface area contributed by atoms with Gasteiger partial charge < -0.3 is 15.2 Å². The molecule has 27 heavy (non-hydrogen) atoms. The zero-order valence-corrected chi connectivity index (χ0v) is 13.9. The number of Topliss-reactive ketones (excluding diaryl/α,β-unsaturated/α-hetero) is 1. The van der Waals surface area contributed by atoms with Crippen molar-refractivity contribution >= 4 is 11.8 Å². The van der Waals surface area contributed by atoms with E-state index in [2.05, 4.69) is 4.74 Å². The number of hydrogen-bond acceptors (Lipinski definition) is 5. The molecule has 0 saturated heterocycles. The Morgan fingerprint density at radius 1 is 1.00 bits per heavy atom. The van der Waals surface area contributed by atoms with Crippen LogP contribution in [0, 0.1) is 23.3 Å². The molecule has 2 aromatic rings. The zero-order valence-electron chi connectivity index (χ0n) is 13.9. The smallest absolute Gasteiger partial charge is 0.308 e. The minimum Gasteiger partial charge on any atom is -0.479 e. The molecule has 0 spiro atoms. The third kappa shape index (κ3) is 5.52. The molecule has 0 aliphatic heterocycles. The molecule has 0 amide bonds. The predicted molar refractivity (Wildman–Crippen MR) is 85.6 cm³/mol. The maximum absolute atomic E-state index is 13.4. The van der Waals surface area contributed by atoms with Crippen LogP contribution in [0.25, 0.3) is 0 Å². The lowest BCUT2D eigenvalue weighted by Crippen LogP contribution is -2.37. The Hall–Kier alpha value is -2.94. The summed E-state index contributed by atoms with van der Waals surface area (Å²) in [7, 11) is 0. The topological polar surface area (TPSA) is 78.6 Å². The molecule has 0 aromatic heterocycles. The lowest BCUT2D eigenvalue weighted by molar-refractivity contribution is -0.146. The second kappa shape index (κ2) is 9.13. The molecule has 0 aliphatic carbocycles. The van der Waals surface area contributed by atoms with Crippen LogP contribution >= 0.6 is 0 Å². The van der Waals surface area contributed by atoms with Crippen molar-refractivity contribution in [3.05, 3.63) is 65.2 Å². The number of carbonyl (C=O) groups is 2. The van der Waals surface area contributed by atoms with Crippen LogP contribution in [-0.4, -0.2) is 24.4 Å². The average molecular weight is 385 g/mol. The summed E-state index contributed by atoms with van der Waals surface area (Å²) in [6, 6.07) is 7.38. The Morgan fingerprint density at radius 3 is 2.19 bits per heavy atom. The van der Waals surface area contributed by atoms with Crippen LogP contribution in [0.15, 0.2) is 36.4 Å². The fraction of sp³-hybridized carbons (Fsp3) is 0.222. The van der Waals surface area contributed by atoms with E-state index in [9.17, 15) is 27.2 Å². The number of esters is 1. The maximum Gasteiger partial charge on any atom is 0.308 e. The zero-order chi connectivity index (χ0) is 20.0. The fourth-order valence-corrected chi connectivity index (χ4v) is 2.02. The van der Waals surface area contributed by atoms with E-state index in [1.54, 1.807) is 30.3 Å². The molecule has 0 unspecified atom stereocenters. The van der Waals surface area contributed by atoms with Crippen LogP contribution in [0.3, 0.4) is 0 Å². The third-order valence-electron chi connectivity index (χ3n) is 3.47. The van der Waals surface area contributed by atoms with Gasteiger partial charge in [0.2, 0.25) is 11.6 Å². The number of ketones is 1. The van der Waals surface area contributed by atoms with Gasteiger partial charge in [0.1, 0.15) is 13.2 Å². The van der Waals surface area contributed by atoms with Crippen LogP contribution in [0.2, 0.25) is 0 Å². The quantitative estimate of drug-likeness (QED) is 0.429. The lowest BCUT2D eigenvalue weighted by Gasteiger charge is -2.12. The summed E-state index contributed by atoms with van der Waals surface area (Å²) in [5.74, 6) is -9.96. The molecule has 2 N–H and O–H groups in total. The van der Waals surface area contributed by atoms with Crippen LogP contribution < -0.4 is 10.5 Å². The Bertz CT molecular complexity index is 804. The molecular formula is C18H15F4NO4. The van der Waals surface area contributed by atoms with Crippen LogP contribution in [-0.2, 0) is 20.9 Å². The number of halogens is 4. The van der Waals surface area contributed by atoms with Crippen molar-refractivity contribution < 1.29 is 36.6 Å². The summed E-state index contributed by atoms with van der Waals surface area (Å²) in [4.78, 5) is 23.5. The first-order valence-electron chi connectivity index (χ1n) is 7.73. The molecule has 0 radical (unpaired) electrons. The molecule has 0 saturated carbocycles. The summed E-state index contributed by atoms with van der Waals surface area (Å²) < 4.78 is 62.5. The van der Waals surface area contributed by atoms with Gasteiger partial charge in [0.05, 0.1) is 12.5 Å². The van der Waals surface area contributed by atoms with Crippen molar-refractivity contribution in [1.29, 1.82) is 0 Å². The summed E-state index contributed by atoms with van der Waals surface area (Å²) >= 11 is 0. The van der Waals surface area contributed by atoms with Gasteiger partial charge in [-0.05, 0) is 5.56 Å². The monoisotopic (exact) mass is 385 g/mol. The fourth-order valence-electron chi connectivity index (χ4n) is 2.02. The molecule has 2 aromatic carbocycles. The summed E-state index contributed by atoms with van der Waals surface area (Å²) in [5.41, 5.74) is 6.25. The summed E-state index contributed by atoms with van der Waals surface area (Å²) in [6.07, 6.45) is -0.502. The molecule has 0 fully saturated rings. The van der Waals surface area contributed by atoms with Gasteiger partial charge in [0.25, 0.3) is 0 Å². The highest BCUT2D eigenvalue weighted by molar-refractivity contribution is 5.89. The highest BCUT2D eigenvalue weighted by atomic mass is 19.2. The van der Waals surface area contributed by atoms with Crippen molar-refractivity contribution in [3.63, 3.8) is 0 Å². The van der Waals surface area contributed by atoms with E-state index in [1.807, 2.05) is 0 Å². The second-order valence-electron chi connectivity index (χ2n) is 5.51. The van der Waals surface area contributed by atoms with Crippen molar-refractivity contribution in [3.8, 4) is 5.75 Å². The standard InChI is InChI=1S/C18H15F4NO4/c19-11-6-12(20)17(22)18(16(11)21)27-9-14(24)13(23)7-15(25)26-8-10-4-2-1-3-5-10/h1-6,13H,7-9,23H2/t13-/m0/s1. The third-order valence-corrected chi connectivity index (χ3v) is 3.47. The number of nitrogens with two attached hydrogens (primary N) is 1. The van der Waals surface area contributed by atoms with Crippen molar-refractivity contribution in [2.75, 3.05) is 6.61 Å². The highest BCUT2D eigenvalue weighted by Crippen LogP contribution is 2.26. The molecule has 2 rings (SSSR count). The van der Waals surface area contributed by atoms with Crippen molar-refractivity contribution in [2.45, 2.75) is 19.1 Å². The SMILES string of the molecule is N[C@@H](CC(=O)OCc1ccccc1)C(=O)COc1c(F)c(F)cc(F)c1F. The van der Waals surface area contributed by atoms with Gasteiger partial charge in [-0.2, -0.15) is 8.78 Å². The Labute approximate surface area is 151 Å². The van der Waals surface area contributed by atoms with Gasteiger partial charge in [-0.1, -0.05) is 30.3 Å². The highest BCUT2D eigenvalue weighted by Gasteiger charge is 2.24. The van der Waals surface area contributed by atoms with Gasteiger partial charge in [0, 0.05) is 6.07 Å². The summed E-state index contributed by atoms with van der Waals surface area (Å²) in [6.45, 7) is -1.00. The lowest BCUT2D eigenvalue weighted by atomic mass is 10.1. The van der Waals surface area contributed by atoms with E-state index >= 15 is 0 Å². The minimum atomic E-state index is -1.78. The van der Waals surface area contributed by atoms with Crippen LogP contribution in [0.4, 0.5) is 17.6 Å². The van der Waals surface area contributed by atoms with E-state index in [-0.39, 0.29) is 12.7 Å². The van der Waals surface area contributed by atoms with E-state index in [0.717, 1.165) is 5.56 Å². The minimum absolute atomic E-state index is 0.00776.